The Balaban J connectivity index is 2.39. The second kappa shape index (κ2) is 3.73. The van der Waals surface area contributed by atoms with Crippen molar-refractivity contribution >= 4 is 11.6 Å². The Morgan fingerprint density at radius 1 is 1.50 bits per heavy atom. The fourth-order valence-corrected chi connectivity index (χ4v) is 1.13. The van der Waals surface area contributed by atoms with E-state index in [0.717, 1.165) is 0 Å². The van der Waals surface area contributed by atoms with E-state index in [0.29, 0.717) is 22.4 Å². The van der Waals surface area contributed by atoms with Gasteiger partial charge in [0.15, 0.2) is 0 Å². The van der Waals surface area contributed by atoms with Gasteiger partial charge in [0.1, 0.15) is 5.69 Å². The molecule has 5 nitrogen and oxygen atoms in total. The lowest BCUT2D eigenvalue weighted by Gasteiger charge is -1.92. The zero-order valence-corrected chi connectivity index (χ0v) is 7.90. The fraction of sp³-hybridized carbons (Fsp3) is 0.125. The van der Waals surface area contributed by atoms with Crippen LogP contribution in [0.15, 0.2) is 22.9 Å². The molecule has 0 aliphatic carbocycles. The summed E-state index contributed by atoms with van der Waals surface area (Å²) in [4.78, 5) is 8.06. The van der Waals surface area contributed by atoms with E-state index in [1.165, 1.54) is 0 Å². The molecule has 2 N–H and O–H groups in total. The molecule has 0 saturated heterocycles. The van der Waals surface area contributed by atoms with E-state index >= 15 is 0 Å². The highest BCUT2D eigenvalue weighted by atomic mass is 35.5. The molecule has 2 heterocycles. The zero-order valence-electron chi connectivity index (χ0n) is 7.14. The molecular weight excluding hydrogens is 204 g/mol. The van der Waals surface area contributed by atoms with Crippen LogP contribution in [0.2, 0.25) is 5.02 Å². The molecule has 0 aliphatic heterocycles. The Kier molecular flexibility index (Phi) is 2.43. The van der Waals surface area contributed by atoms with Crippen LogP contribution < -0.4 is 5.73 Å². The van der Waals surface area contributed by atoms with Crippen LogP contribution in [-0.2, 0) is 6.54 Å². The van der Waals surface area contributed by atoms with Gasteiger partial charge in [-0.1, -0.05) is 16.8 Å². The molecule has 6 heteroatoms. The Bertz CT molecular complexity index is 442. The van der Waals surface area contributed by atoms with Crippen LogP contribution in [0.4, 0.5) is 0 Å². The molecule has 0 aromatic carbocycles. The largest absolute Gasteiger partial charge is 0.338 e. The van der Waals surface area contributed by atoms with Gasteiger partial charge in [-0.3, -0.25) is 4.98 Å². The second-order valence-corrected chi connectivity index (χ2v) is 3.01. The van der Waals surface area contributed by atoms with E-state index in [1.54, 1.807) is 18.3 Å². The van der Waals surface area contributed by atoms with E-state index in [-0.39, 0.29) is 6.54 Å². The van der Waals surface area contributed by atoms with E-state index in [1.807, 2.05) is 0 Å². The first-order valence-corrected chi connectivity index (χ1v) is 4.32. The van der Waals surface area contributed by atoms with Crippen LogP contribution >= 0.6 is 11.6 Å². The minimum Gasteiger partial charge on any atom is -0.338 e. The van der Waals surface area contributed by atoms with Crippen molar-refractivity contribution in [2.45, 2.75) is 6.54 Å². The maximum atomic E-state index is 5.78. The van der Waals surface area contributed by atoms with Crippen molar-refractivity contribution in [1.82, 2.24) is 15.1 Å². The Labute approximate surface area is 84.9 Å². The summed E-state index contributed by atoms with van der Waals surface area (Å²) in [6.45, 7) is 0.216. The first-order chi connectivity index (χ1) is 6.79. The summed E-state index contributed by atoms with van der Waals surface area (Å²) in [5.41, 5.74) is 5.90. The van der Waals surface area contributed by atoms with Crippen LogP contribution in [0.3, 0.4) is 0 Å². The normalized spacial score (nSPS) is 10.4. The molecule has 72 valence electrons. The summed E-state index contributed by atoms with van der Waals surface area (Å²) in [5, 5.41) is 4.29. The SMILES string of the molecule is NCc1nc(-c2cc(Cl)ccn2)no1. The minimum absolute atomic E-state index is 0.216. The molecule has 0 amide bonds. The summed E-state index contributed by atoms with van der Waals surface area (Å²) in [6.07, 6.45) is 1.58. The van der Waals surface area contributed by atoms with Crippen molar-refractivity contribution in [3.8, 4) is 11.5 Å². The van der Waals surface area contributed by atoms with Gasteiger partial charge in [0.05, 0.1) is 6.54 Å². The number of nitrogens with two attached hydrogens (primary N) is 1. The van der Waals surface area contributed by atoms with E-state index in [2.05, 4.69) is 15.1 Å². The summed E-state index contributed by atoms with van der Waals surface area (Å²) in [7, 11) is 0. The summed E-state index contributed by atoms with van der Waals surface area (Å²) in [6, 6.07) is 3.34. The van der Waals surface area contributed by atoms with Crippen LogP contribution in [0.25, 0.3) is 11.5 Å². The maximum Gasteiger partial charge on any atom is 0.240 e. The lowest BCUT2D eigenvalue weighted by Crippen LogP contribution is -1.95. The number of rotatable bonds is 2. The van der Waals surface area contributed by atoms with Crippen molar-refractivity contribution < 1.29 is 4.52 Å². The van der Waals surface area contributed by atoms with Gasteiger partial charge in [0.2, 0.25) is 11.7 Å². The van der Waals surface area contributed by atoms with Gasteiger partial charge in [0.25, 0.3) is 0 Å². The number of hydrogen-bond acceptors (Lipinski definition) is 5. The van der Waals surface area contributed by atoms with Crippen molar-refractivity contribution in [3.05, 3.63) is 29.2 Å². The predicted molar refractivity (Wildman–Crippen MR) is 50.4 cm³/mol. The highest BCUT2D eigenvalue weighted by Crippen LogP contribution is 2.16. The van der Waals surface area contributed by atoms with E-state index in [4.69, 9.17) is 21.9 Å². The van der Waals surface area contributed by atoms with Gasteiger partial charge in [-0.2, -0.15) is 4.98 Å². The number of hydrogen-bond donors (Lipinski definition) is 1. The van der Waals surface area contributed by atoms with Crippen molar-refractivity contribution in [3.63, 3.8) is 0 Å². The smallest absolute Gasteiger partial charge is 0.240 e. The third-order valence-electron chi connectivity index (χ3n) is 1.59. The number of nitrogens with zero attached hydrogens (tertiary/aromatic N) is 3. The van der Waals surface area contributed by atoms with Gasteiger partial charge >= 0.3 is 0 Å². The minimum atomic E-state index is 0.216. The monoisotopic (exact) mass is 210 g/mol. The zero-order chi connectivity index (χ0) is 9.97. The Morgan fingerprint density at radius 2 is 2.36 bits per heavy atom. The van der Waals surface area contributed by atoms with E-state index in [9.17, 15) is 0 Å². The molecule has 0 saturated carbocycles. The maximum absolute atomic E-state index is 5.78. The molecule has 0 fully saturated rings. The highest BCUT2D eigenvalue weighted by Gasteiger charge is 2.08. The summed E-state index contributed by atoms with van der Waals surface area (Å²) in [5.74, 6) is 0.773. The highest BCUT2D eigenvalue weighted by molar-refractivity contribution is 6.30. The van der Waals surface area contributed by atoms with E-state index < -0.39 is 0 Å². The predicted octanol–water partition coefficient (Wildman–Crippen LogP) is 1.24. The van der Waals surface area contributed by atoms with Crippen molar-refractivity contribution in [2.75, 3.05) is 0 Å². The molecule has 14 heavy (non-hydrogen) atoms. The van der Waals surface area contributed by atoms with Crippen molar-refractivity contribution in [2.24, 2.45) is 5.73 Å². The van der Waals surface area contributed by atoms with Crippen LogP contribution in [0.5, 0.6) is 0 Å². The third-order valence-corrected chi connectivity index (χ3v) is 1.83. The first-order valence-electron chi connectivity index (χ1n) is 3.94. The molecule has 2 aromatic rings. The molecule has 2 rings (SSSR count). The average Bonchev–Trinajstić information content (AvgIpc) is 2.66. The standard InChI is InChI=1S/C8H7ClN4O/c9-5-1-2-11-6(3-5)8-12-7(4-10)14-13-8/h1-3H,4,10H2. The second-order valence-electron chi connectivity index (χ2n) is 2.58. The number of halogens is 1. The van der Waals surface area contributed by atoms with Gasteiger partial charge in [0, 0.05) is 11.2 Å². The Hall–Kier alpha value is -1.46. The van der Waals surface area contributed by atoms with Gasteiger partial charge in [-0.15, -0.1) is 0 Å². The average molecular weight is 211 g/mol. The van der Waals surface area contributed by atoms with Gasteiger partial charge < -0.3 is 10.3 Å². The molecule has 0 radical (unpaired) electrons. The van der Waals surface area contributed by atoms with Crippen LogP contribution in [0, 0.1) is 0 Å². The lowest BCUT2D eigenvalue weighted by atomic mass is 10.3. The molecule has 0 aliphatic rings. The molecule has 0 atom stereocenters. The molecule has 2 aromatic heterocycles. The van der Waals surface area contributed by atoms with Crippen LogP contribution in [-0.4, -0.2) is 15.1 Å². The van der Waals surface area contributed by atoms with Gasteiger partial charge in [-0.05, 0) is 12.1 Å². The fourth-order valence-electron chi connectivity index (χ4n) is 0.969. The molecule has 0 spiro atoms. The van der Waals surface area contributed by atoms with Crippen molar-refractivity contribution in [1.29, 1.82) is 0 Å². The molecule has 0 bridgehead atoms. The molecule has 0 unspecified atom stereocenters. The summed E-state index contributed by atoms with van der Waals surface area (Å²) < 4.78 is 4.84. The molecular formula is C8H7ClN4O. The lowest BCUT2D eigenvalue weighted by molar-refractivity contribution is 0.380. The van der Waals surface area contributed by atoms with Crippen LogP contribution in [0.1, 0.15) is 5.89 Å². The number of aromatic nitrogens is 3. The van der Waals surface area contributed by atoms with Gasteiger partial charge in [-0.25, -0.2) is 0 Å². The quantitative estimate of drug-likeness (QED) is 0.807. The number of pyridine rings is 1. The first kappa shape index (κ1) is 9.11. The summed E-state index contributed by atoms with van der Waals surface area (Å²) >= 11 is 5.78. The Morgan fingerprint density at radius 3 is 3.00 bits per heavy atom. The third kappa shape index (κ3) is 1.73. The topological polar surface area (TPSA) is 77.8 Å².